The first-order chi connectivity index (χ1) is 11.0. The summed E-state index contributed by atoms with van der Waals surface area (Å²) in [6.07, 6.45) is 0.820. The number of hydrogen-bond acceptors (Lipinski definition) is 5. The fraction of sp³-hybridized carbons (Fsp3) is 0.467. The minimum atomic E-state index is -0.272. The zero-order valence-electron chi connectivity index (χ0n) is 13.3. The van der Waals surface area contributed by atoms with E-state index < -0.39 is 0 Å². The van der Waals surface area contributed by atoms with Crippen LogP contribution in [0.4, 0.5) is 4.39 Å². The van der Waals surface area contributed by atoms with Crippen LogP contribution < -0.4 is 4.74 Å². The summed E-state index contributed by atoms with van der Waals surface area (Å²) in [4.78, 5) is 2.07. The zero-order valence-corrected chi connectivity index (χ0v) is 14.1. The SMILES string of the molecule is CN(CCCOc1ccc(F)cc1)Cn1nc(CO)n(C)c1=S. The van der Waals surface area contributed by atoms with Gasteiger partial charge < -0.3 is 14.4 Å². The molecule has 2 aromatic rings. The number of aromatic nitrogens is 3. The van der Waals surface area contributed by atoms with E-state index in [0.29, 0.717) is 29.6 Å². The van der Waals surface area contributed by atoms with Crippen molar-refractivity contribution < 1.29 is 14.2 Å². The number of hydrogen-bond donors (Lipinski definition) is 1. The van der Waals surface area contributed by atoms with Crippen LogP contribution in [0.3, 0.4) is 0 Å². The molecule has 1 aromatic heterocycles. The van der Waals surface area contributed by atoms with Gasteiger partial charge in [-0.25, -0.2) is 9.07 Å². The second kappa shape index (κ2) is 8.19. The van der Waals surface area contributed by atoms with Crippen molar-refractivity contribution in [2.45, 2.75) is 19.7 Å². The molecule has 0 spiro atoms. The molecule has 8 heteroatoms. The van der Waals surface area contributed by atoms with Crippen molar-refractivity contribution in [3.63, 3.8) is 0 Å². The van der Waals surface area contributed by atoms with Gasteiger partial charge in [-0.2, -0.15) is 5.10 Å². The van der Waals surface area contributed by atoms with Gasteiger partial charge in [0.1, 0.15) is 18.2 Å². The minimum absolute atomic E-state index is 0.137. The molecular formula is C15H21FN4O2S. The third kappa shape index (κ3) is 4.85. The molecule has 6 nitrogen and oxygen atoms in total. The van der Waals surface area contributed by atoms with E-state index >= 15 is 0 Å². The van der Waals surface area contributed by atoms with E-state index in [0.717, 1.165) is 13.0 Å². The van der Waals surface area contributed by atoms with Crippen LogP contribution in [0.25, 0.3) is 0 Å². The van der Waals surface area contributed by atoms with Crippen molar-refractivity contribution in [3.05, 3.63) is 40.7 Å². The minimum Gasteiger partial charge on any atom is -0.494 e. The Morgan fingerprint density at radius 2 is 2.04 bits per heavy atom. The number of benzene rings is 1. The van der Waals surface area contributed by atoms with Crippen molar-refractivity contribution in [2.75, 3.05) is 20.2 Å². The van der Waals surface area contributed by atoms with Gasteiger partial charge in [0.2, 0.25) is 0 Å². The summed E-state index contributed by atoms with van der Waals surface area (Å²) in [5, 5.41) is 13.5. The smallest absolute Gasteiger partial charge is 0.198 e. The molecule has 0 unspecified atom stereocenters. The lowest BCUT2D eigenvalue weighted by Crippen LogP contribution is -2.25. The van der Waals surface area contributed by atoms with Gasteiger partial charge in [0.25, 0.3) is 0 Å². The van der Waals surface area contributed by atoms with Gasteiger partial charge in [0, 0.05) is 13.6 Å². The maximum atomic E-state index is 12.8. The predicted octanol–water partition coefficient (Wildman–Crippen LogP) is 1.94. The number of aliphatic hydroxyl groups excluding tert-OH is 1. The Morgan fingerprint density at radius 1 is 1.35 bits per heavy atom. The molecule has 0 aliphatic carbocycles. The summed E-state index contributed by atoms with van der Waals surface area (Å²) in [5.74, 6) is 0.933. The van der Waals surface area contributed by atoms with Gasteiger partial charge in [-0.1, -0.05) is 0 Å². The van der Waals surface area contributed by atoms with Crippen molar-refractivity contribution in [2.24, 2.45) is 7.05 Å². The van der Waals surface area contributed by atoms with E-state index in [-0.39, 0.29) is 12.4 Å². The number of halogens is 1. The van der Waals surface area contributed by atoms with Gasteiger partial charge in [0.15, 0.2) is 10.6 Å². The summed E-state index contributed by atoms with van der Waals surface area (Å²) < 4.78 is 22.3. The average molecular weight is 340 g/mol. The van der Waals surface area contributed by atoms with Gasteiger partial charge in [-0.05, 0) is 50.0 Å². The molecule has 1 N–H and O–H groups in total. The summed E-state index contributed by atoms with van der Waals surface area (Å²) in [5.41, 5.74) is 0. The van der Waals surface area contributed by atoms with Crippen molar-refractivity contribution in [1.82, 2.24) is 19.2 Å². The van der Waals surface area contributed by atoms with Crippen LogP contribution in [0.15, 0.2) is 24.3 Å². The van der Waals surface area contributed by atoms with Crippen LogP contribution in [0, 0.1) is 10.6 Å². The largest absolute Gasteiger partial charge is 0.494 e. The van der Waals surface area contributed by atoms with Gasteiger partial charge in [0.05, 0.1) is 13.3 Å². The second-order valence-corrected chi connectivity index (χ2v) is 5.66. The third-order valence-corrected chi connectivity index (χ3v) is 3.90. The Kier molecular flexibility index (Phi) is 6.26. The first-order valence-electron chi connectivity index (χ1n) is 7.31. The maximum Gasteiger partial charge on any atom is 0.198 e. The third-order valence-electron chi connectivity index (χ3n) is 3.41. The van der Waals surface area contributed by atoms with Gasteiger partial charge in [-0.3, -0.25) is 4.90 Å². The first-order valence-corrected chi connectivity index (χ1v) is 7.72. The van der Waals surface area contributed by atoms with Crippen LogP contribution >= 0.6 is 12.2 Å². The van der Waals surface area contributed by atoms with Crippen molar-refractivity contribution in [1.29, 1.82) is 0 Å². The molecule has 0 amide bonds. The van der Waals surface area contributed by atoms with Gasteiger partial charge in [-0.15, -0.1) is 0 Å². The summed E-state index contributed by atoms with van der Waals surface area (Å²) in [6.45, 7) is 1.76. The first kappa shape index (κ1) is 17.6. The lowest BCUT2D eigenvalue weighted by molar-refractivity contribution is 0.219. The predicted molar refractivity (Wildman–Crippen MR) is 87.1 cm³/mol. The van der Waals surface area contributed by atoms with E-state index in [1.54, 1.807) is 28.4 Å². The fourth-order valence-corrected chi connectivity index (χ4v) is 2.32. The molecule has 0 aliphatic heterocycles. The molecule has 126 valence electrons. The standard InChI is InChI=1S/C15H21FN4O2S/c1-18(11-20-15(23)19(2)14(10-21)17-20)8-3-9-22-13-6-4-12(16)5-7-13/h4-7,21H,3,8-11H2,1-2H3. The highest BCUT2D eigenvalue weighted by molar-refractivity contribution is 7.71. The molecule has 23 heavy (non-hydrogen) atoms. The summed E-state index contributed by atoms with van der Waals surface area (Å²) in [6, 6.07) is 5.98. The van der Waals surface area contributed by atoms with Crippen LogP contribution in [0.5, 0.6) is 5.75 Å². The molecule has 1 heterocycles. The van der Waals surface area contributed by atoms with E-state index in [9.17, 15) is 9.50 Å². The van der Waals surface area contributed by atoms with Gasteiger partial charge >= 0.3 is 0 Å². The Hall–Kier alpha value is -1.77. The summed E-state index contributed by atoms with van der Waals surface area (Å²) in [7, 11) is 3.75. The average Bonchev–Trinajstić information content (AvgIpc) is 2.81. The Morgan fingerprint density at radius 3 is 2.65 bits per heavy atom. The highest BCUT2D eigenvalue weighted by atomic mass is 32.1. The number of ether oxygens (including phenoxy) is 1. The molecule has 0 atom stereocenters. The topological polar surface area (TPSA) is 55.4 Å². The van der Waals surface area contributed by atoms with E-state index in [1.807, 2.05) is 7.05 Å². The molecule has 0 saturated carbocycles. The Balaban J connectivity index is 1.76. The molecule has 0 fully saturated rings. The zero-order chi connectivity index (χ0) is 16.8. The lowest BCUT2D eigenvalue weighted by atomic mass is 10.3. The Bertz CT molecular complexity index is 684. The Labute approximate surface area is 139 Å². The molecule has 2 rings (SSSR count). The molecular weight excluding hydrogens is 319 g/mol. The summed E-state index contributed by atoms with van der Waals surface area (Å²) >= 11 is 5.28. The molecule has 1 aromatic carbocycles. The van der Waals surface area contributed by atoms with E-state index in [4.69, 9.17) is 17.0 Å². The molecule has 0 saturated heterocycles. The quantitative estimate of drug-likeness (QED) is 0.588. The highest BCUT2D eigenvalue weighted by Gasteiger charge is 2.08. The van der Waals surface area contributed by atoms with E-state index in [2.05, 4.69) is 10.00 Å². The molecule has 0 bridgehead atoms. The van der Waals surface area contributed by atoms with Crippen LogP contribution in [-0.2, 0) is 20.3 Å². The highest BCUT2D eigenvalue weighted by Crippen LogP contribution is 2.11. The number of rotatable bonds is 8. The fourth-order valence-electron chi connectivity index (χ4n) is 2.12. The molecule has 0 radical (unpaired) electrons. The van der Waals surface area contributed by atoms with Crippen LogP contribution in [0.2, 0.25) is 0 Å². The number of nitrogens with zero attached hydrogens (tertiary/aromatic N) is 4. The van der Waals surface area contributed by atoms with Crippen LogP contribution in [-0.4, -0.2) is 44.6 Å². The lowest BCUT2D eigenvalue weighted by Gasteiger charge is -2.16. The van der Waals surface area contributed by atoms with E-state index in [1.165, 1.54) is 12.1 Å². The van der Waals surface area contributed by atoms with Crippen molar-refractivity contribution >= 4 is 12.2 Å². The number of aliphatic hydroxyl groups is 1. The molecule has 0 aliphatic rings. The second-order valence-electron chi connectivity index (χ2n) is 5.29. The maximum absolute atomic E-state index is 12.8. The monoisotopic (exact) mass is 340 g/mol. The normalized spacial score (nSPS) is 11.2. The van der Waals surface area contributed by atoms with Crippen LogP contribution in [0.1, 0.15) is 12.2 Å². The van der Waals surface area contributed by atoms with Crippen molar-refractivity contribution in [3.8, 4) is 5.75 Å².